The monoisotopic (exact) mass is 266 g/mol. The Morgan fingerprint density at radius 2 is 2.15 bits per heavy atom. The van der Waals surface area contributed by atoms with Crippen LogP contribution in [0.15, 0.2) is 47.8 Å². The van der Waals surface area contributed by atoms with E-state index in [1.54, 1.807) is 25.1 Å². The number of H-pyrrole nitrogens is 1. The Morgan fingerprint density at radius 3 is 2.85 bits per heavy atom. The third kappa shape index (κ3) is 2.62. The second-order valence-electron chi connectivity index (χ2n) is 4.28. The van der Waals surface area contributed by atoms with E-state index in [0.717, 1.165) is 5.56 Å². The largest absolute Gasteiger partial charge is 0.489 e. The number of hydrogen-bond acceptors (Lipinski definition) is 3. The molecule has 2 aromatic rings. The summed E-state index contributed by atoms with van der Waals surface area (Å²) in [6, 6.07) is 11.0. The van der Waals surface area contributed by atoms with Crippen LogP contribution in [0.3, 0.4) is 0 Å². The molecule has 20 heavy (non-hydrogen) atoms. The van der Waals surface area contributed by atoms with Crippen molar-refractivity contribution in [2.75, 3.05) is 6.61 Å². The van der Waals surface area contributed by atoms with Crippen LogP contribution >= 0.6 is 0 Å². The second-order valence-corrected chi connectivity index (χ2v) is 4.28. The number of benzene rings is 1. The van der Waals surface area contributed by atoms with Crippen LogP contribution in [0, 0.1) is 18.3 Å². The maximum atomic E-state index is 11.9. The van der Waals surface area contributed by atoms with Crippen LogP contribution in [0.4, 0.5) is 0 Å². The zero-order chi connectivity index (χ0) is 14.5. The predicted molar refractivity (Wildman–Crippen MR) is 77.6 cm³/mol. The van der Waals surface area contributed by atoms with E-state index in [-0.39, 0.29) is 11.1 Å². The fourth-order valence-corrected chi connectivity index (χ4v) is 1.98. The average Bonchev–Trinajstić information content (AvgIpc) is 2.44. The highest BCUT2D eigenvalue weighted by Crippen LogP contribution is 2.31. The summed E-state index contributed by atoms with van der Waals surface area (Å²) in [6.07, 6.45) is 1.64. The minimum atomic E-state index is -0.388. The zero-order valence-electron chi connectivity index (χ0n) is 11.1. The molecule has 2 rings (SSSR count). The number of ether oxygens (including phenoxy) is 1. The van der Waals surface area contributed by atoms with E-state index >= 15 is 0 Å². The first kappa shape index (κ1) is 13.6. The molecule has 1 aromatic heterocycles. The molecule has 0 aliphatic carbocycles. The first-order chi connectivity index (χ1) is 9.67. The summed E-state index contributed by atoms with van der Waals surface area (Å²) in [6.45, 7) is 5.75. The minimum Gasteiger partial charge on any atom is -0.489 e. The highest BCUT2D eigenvalue weighted by molar-refractivity contribution is 5.75. The van der Waals surface area contributed by atoms with Gasteiger partial charge >= 0.3 is 0 Å². The Morgan fingerprint density at radius 1 is 1.40 bits per heavy atom. The summed E-state index contributed by atoms with van der Waals surface area (Å²) < 4.78 is 5.58. The molecule has 4 heteroatoms. The van der Waals surface area contributed by atoms with Crippen molar-refractivity contribution < 1.29 is 4.74 Å². The Kier molecular flexibility index (Phi) is 4.02. The number of aromatic nitrogens is 1. The molecule has 0 unspecified atom stereocenters. The van der Waals surface area contributed by atoms with Gasteiger partial charge in [0.05, 0.1) is 0 Å². The van der Waals surface area contributed by atoms with Gasteiger partial charge in [-0.15, -0.1) is 0 Å². The summed E-state index contributed by atoms with van der Waals surface area (Å²) in [7, 11) is 0. The summed E-state index contributed by atoms with van der Waals surface area (Å²) in [5.74, 6) is 0.619. The maximum Gasteiger partial charge on any atom is 0.266 e. The molecule has 0 bridgehead atoms. The van der Waals surface area contributed by atoms with Gasteiger partial charge in [-0.2, -0.15) is 5.26 Å². The molecule has 0 atom stereocenters. The molecule has 0 aliphatic heterocycles. The Labute approximate surface area is 117 Å². The zero-order valence-corrected chi connectivity index (χ0v) is 11.1. The van der Waals surface area contributed by atoms with E-state index in [2.05, 4.69) is 11.6 Å². The van der Waals surface area contributed by atoms with Gasteiger partial charge in [-0.05, 0) is 19.1 Å². The third-order valence-corrected chi connectivity index (χ3v) is 2.81. The minimum absolute atomic E-state index is 0.0882. The van der Waals surface area contributed by atoms with Gasteiger partial charge in [0, 0.05) is 16.8 Å². The molecule has 4 nitrogen and oxygen atoms in total. The smallest absolute Gasteiger partial charge is 0.266 e. The number of nitriles is 1. The molecule has 0 spiro atoms. The first-order valence-electron chi connectivity index (χ1n) is 6.14. The van der Waals surface area contributed by atoms with Crippen molar-refractivity contribution in [3.05, 3.63) is 64.6 Å². The Hall–Kier alpha value is -2.80. The van der Waals surface area contributed by atoms with Crippen LogP contribution in [-0.4, -0.2) is 11.6 Å². The van der Waals surface area contributed by atoms with Gasteiger partial charge in [0.1, 0.15) is 24.0 Å². The van der Waals surface area contributed by atoms with Crippen LogP contribution < -0.4 is 10.3 Å². The quantitative estimate of drug-likeness (QED) is 0.865. The first-order valence-corrected chi connectivity index (χ1v) is 6.14. The van der Waals surface area contributed by atoms with Crippen LogP contribution in [0.1, 0.15) is 11.3 Å². The van der Waals surface area contributed by atoms with E-state index in [9.17, 15) is 10.1 Å². The van der Waals surface area contributed by atoms with E-state index in [1.165, 1.54) is 0 Å². The van der Waals surface area contributed by atoms with Gasteiger partial charge < -0.3 is 9.72 Å². The van der Waals surface area contributed by atoms with Gasteiger partial charge in [-0.1, -0.05) is 30.9 Å². The molecule has 0 saturated heterocycles. The molecule has 0 amide bonds. The number of rotatable bonds is 4. The number of nitrogens with one attached hydrogen (secondary N) is 1. The van der Waals surface area contributed by atoms with Crippen LogP contribution in [0.5, 0.6) is 5.75 Å². The number of aryl methyl sites for hydroxylation is 1. The molecule has 100 valence electrons. The molecule has 1 aromatic carbocycles. The SMILES string of the molecule is C=CCOc1ccccc1-c1cc(C)[nH]c(=O)c1C#N. The number of hydrogen-bond donors (Lipinski definition) is 1. The molecule has 1 heterocycles. The number of aromatic amines is 1. The maximum absolute atomic E-state index is 11.9. The van der Waals surface area contributed by atoms with E-state index in [1.807, 2.05) is 24.3 Å². The van der Waals surface area contributed by atoms with Crippen molar-refractivity contribution in [2.24, 2.45) is 0 Å². The van der Waals surface area contributed by atoms with Crippen molar-refractivity contribution in [3.63, 3.8) is 0 Å². The second kappa shape index (κ2) is 5.89. The lowest BCUT2D eigenvalue weighted by Crippen LogP contribution is -2.13. The van der Waals surface area contributed by atoms with Gasteiger partial charge in [0.15, 0.2) is 0 Å². The van der Waals surface area contributed by atoms with Crippen molar-refractivity contribution in [2.45, 2.75) is 6.92 Å². The van der Waals surface area contributed by atoms with Gasteiger partial charge in [0.25, 0.3) is 5.56 Å². The molecule has 1 N–H and O–H groups in total. The summed E-state index contributed by atoms with van der Waals surface area (Å²) in [4.78, 5) is 14.5. The lowest BCUT2D eigenvalue weighted by molar-refractivity contribution is 0.364. The molecule has 0 radical (unpaired) electrons. The number of pyridine rings is 1. The van der Waals surface area contributed by atoms with Crippen molar-refractivity contribution in [3.8, 4) is 22.9 Å². The van der Waals surface area contributed by atoms with Crippen molar-refractivity contribution in [1.29, 1.82) is 5.26 Å². The van der Waals surface area contributed by atoms with Crippen molar-refractivity contribution >= 4 is 0 Å². The van der Waals surface area contributed by atoms with Crippen LogP contribution in [-0.2, 0) is 0 Å². The normalized spacial score (nSPS) is 9.80. The molecule has 0 fully saturated rings. The standard InChI is InChI=1S/C16H14N2O2/c1-3-8-20-15-7-5-4-6-12(15)13-9-11(2)18-16(19)14(13)10-17/h3-7,9H,1,8H2,2H3,(H,18,19). The lowest BCUT2D eigenvalue weighted by atomic mass is 10.0. The number of nitrogens with zero attached hydrogens (tertiary/aromatic N) is 1. The summed E-state index contributed by atoms with van der Waals surface area (Å²) >= 11 is 0. The molecule has 0 aliphatic rings. The average molecular weight is 266 g/mol. The van der Waals surface area contributed by atoms with Gasteiger partial charge in [0.2, 0.25) is 0 Å². The molecular weight excluding hydrogens is 252 g/mol. The summed E-state index contributed by atoms with van der Waals surface area (Å²) in [5, 5.41) is 9.19. The highest BCUT2D eigenvalue weighted by atomic mass is 16.5. The highest BCUT2D eigenvalue weighted by Gasteiger charge is 2.13. The topological polar surface area (TPSA) is 65.9 Å². The predicted octanol–water partition coefficient (Wildman–Crippen LogP) is 2.79. The van der Waals surface area contributed by atoms with Gasteiger partial charge in [-0.3, -0.25) is 4.79 Å². The van der Waals surface area contributed by atoms with Crippen LogP contribution in [0.25, 0.3) is 11.1 Å². The van der Waals surface area contributed by atoms with E-state index in [0.29, 0.717) is 23.6 Å². The van der Waals surface area contributed by atoms with E-state index in [4.69, 9.17) is 4.74 Å². The summed E-state index contributed by atoms with van der Waals surface area (Å²) in [5.41, 5.74) is 1.70. The Bertz CT molecular complexity index is 739. The fraction of sp³-hybridized carbons (Fsp3) is 0.125. The Balaban J connectivity index is 2.66. The number of para-hydroxylation sites is 1. The fourth-order valence-electron chi connectivity index (χ4n) is 1.98. The lowest BCUT2D eigenvalue weighted by Gasteiger charge is -2.11. The van der Waals surface area contributed by atoms with Crippen molar-refractivity contribution in [1.82, 2.24) is 4.98 Å². The molecule has 0 saturated carbocycles. The third-order valence-electron chi connectivity index (χ3n) is 2.81. The molecular formula is C16H14N2O2. The van der Waals surface area contributed by atoms with Crippen LogP contribution in [0.2, 0.25) is 0 Å². The van der Waals surface area contributed by atoms with E-state index < -0.39 is 0 Å². The van der Waals surface area contributed by atoms with Gasteiger partial charge in [-0.25, -0.2) is 0 Å².